The number of carbonyl (C=O) groups is 2. The Kier molecular flexibility index (Phi) is 5.40. The number of nitrogens with zero attached hydrogens (tertiary/aromatic N) is 1. The fourth-order valence-corrected chi connectivity index (χ4v) is 2.93. The summed E-state index contributed by atoms with van der Waals surface area (Å²) >= 11 is 0.610. The van der Waals surface area contributed by atoms with Crippen molar-refractivity contribution in [2.24, 2.45) is 0 Å². The number of para-hydroxylation sites is 1. The van der Waals surface area contributed by atoms with Gasteiger partial charge in [-0.15, -0.1) is 11.8 Å². The van der Waals surface area contributed by atoms with Crippen molar-refractivity contribution in [1.29, 1.82) is 0 Å². The number of alkyl halides is 3. The quantitative estimate of drug-likeness (QED) is 0.824. The van der Waals surface area contributed by atoms with E-state index in [1.54, 1.807) is 19.2 Å². The zero-order valence-corrected chi connectivity index (χ0v) is 13.1. The Hall–Kier alpha value is -1.90. The van der Waals surface area contributed by atoms with Crippen molar-refractivity contribution in [2.75, 3.05) is 24.7 Å². The van der Waals surface area contributed by atoms with Crippen LogP contribution in [-0.4, -0.2) is 48.4 Å². The van der Waals surface area contributed by atoms with Crippen LogP contribution in [-0.2, 0) is 4.79 Å². The summed E-state index contributed by atoms with van der Waals surface area (Å²) < 4.78 is 37.0. The van der Waals surface area contributed by atoms with E-state index in [-0.39, 0.29) is 18.4 Å². The fourth-order valence-electron chi connectivity index (χ4n) is 2.16. The summed E-state index contributed by atoms with van der Waals surface area (Å²) in [5.41, 5.74) is 0.303. The predicted molar refractivity (Wildman–Crippen MR) is 81.4 cm³/mol. The van der Waals surface area contributed by atoms with Crippen molar-refractivity contribution in [3.63, 3.8) is 0 Å². The Morgan fingerprint density at radius 3 is 2.70 bits per heavy atom. The molecule has 0 aliphatic carbocycles. The number of likely N-dealkylation sites (tertiary alicyclic amines) is 1. The van der Waals surface area contributed by atoms with Crippen LogP contribution in [0, 0.1) is 0 Å². The molecule has 126 valence electrons. The average molecular weight is 347 g/mol. The van der Waals surface area contributed by atoms with Gasteiger partial charge in [-0.2, -0.15) is 13.2 Å². The number of nitrogens with one attached hydrogen (secondary N) is 2. The first-order valence-corrected chi connectivity index (χ1v) is 7.83. The zero-order valence-electron chi connectivity index (χ0n) is 12.3. The largest absolute Gasteiger partial charge is 0.398 e. The van der Waals surface area contributed by atoms with Crippen LogP contribution < -0.4 is 10.6 Å². The van der Waals surface area contributed by atoms with Gasteiger partial charge in [0.15, 0.2) is 0 Å². The van der Waals surface area contributed by atoms with Crippen molar-refractivity contribution in [2.45, 2.75) is 23.5 Å². The molecule has 0 aromatic heterocycles. The molecule has 1 fully saturated rings. The first kappa shape index (κ1) is 17.5. The average Bonchev–Trinajstić information content (AvgIpc) is 2.75. The molecule has 1 heterocycles. The van der Waals surface area contributed by atoms with E-state index in [0.717, 1.165) is 0 Å². The highest BCUT2D eigenvalue weighted by Crippen LogP contribution is 2.32. The first-order valence-electron chi connectivity index (χ1n) is 6.84. The van der Waals surface area contributed by atoms with Crippen molar-refractivity contribution < 1.29 is 22.8 Å². The van der Waals surface area contributed by atoms with E-state index in [9.17, 15) is 22.8 Å². The topological polar surface area (TPSA) is 61.4 Å². The van der Waals surface area contributed by atoms with Gasteiger partial charge in [0.2, 0.25) is 5.91 Å². The molecule has 1 aromatic carbocycles. The van der Waals surface area contributed by atoms with Gasteiger partial charge >= 0.3 is 12.2 Å². The number of benzene rings is 1. The number of rotatable bonds is 4. The molecule has 2 rings (SSSR count). The van der Waals surface area contributed by atoms with E-state index in [1.165, 1.54) is 17.0 Å². The minimum Gasteiger partial charge on any atom is -0.344 e. The Bertz CT molecular complexity index is 595. The van der Waals surface area contributed by atoms with Gasteiger partial charge in [-0.3, -0.25) is 4.79 Å². The molecule has 2 N–H and O–H groups in total. The maximum absolute atomic E-state index is 12.3. The van der Waals surface area contributed by atoms with Gasteiger partial charge in [0.1, 0.15) is 0 Å². The molecule has 1 unspecified atom stereocenters. The molecule has 1 atom stereocenters. The first-order chi connectivity index (χ1) is 10.7. The van der Waals surface area contributed by atoms with Gasteiger partial charge in [0, 0.05) is 24.9 Å². The molecule has 9 heteroatoms. The minimum absolute atomic E-state index is 0.0589. The second kappa shape index (κ2) is 7.12. The van der Waals surface area contributed by atoms with Gasteiger partial charge in [-0.05, 0) is 12.1 Å². The van der Waals surface area contributed by atoms with Crippen molar-refractivity contribution >= 4 is 29.4 Å². The van der Waals surface area contributed by atoms with E-state index < -0.39 is 18.0 Å². The van der Waals surface area contributed by atoms with Crippen LogP contribution >= 0.6 is 11.8 Å². The number of carbonyl (C=O) groups excluding carboxylic acids is 2. The lowest BCUT2D eigenvalue weighted by atomic mass is 10.2. The van der Waals surface area contributed by atoms with E-state index >= 15 is 0 Å². The van der Waals surface area contributed by atoms with Crippen molar-refractivity contribution in [3.05, 3.63) is 24.3 Å². The third-order valence-corrected chi connectivity index (χ3v) is 4.34. The number of thioether (sulfide) groups is 1. The van der Waals surface area contributed by atoms with Crippen LogP contribution in [0.5, 0.6) is 0 Å². The zero-order chi connectivity index (χ0) is 17.0. The summed E-state index contributed by atoms with van der Waals surface area (Å²) in [6.07, 6.45) is -4.07. The number of amides is 3. The predicted octanol–water partition coefficient (Wildman–Crippen LogP) is 2.69. The van der Waals surface area contributed by atoms with Crippen LogP contribution in [0.15, 0.2) is 29.2 Å². The van der Waals surface area contributed by atoms with Crippen LogP contribution in [0.3, 0.4) is 0 Å². The summed E-state index contributed by atoms with van der Waals surface area (Å²) in [5.74, 6) is -1.09. The highest BCUT2D eigenvalue weighted by atomic mass is 32.2. The Balaban J connectivity index is 1.94. The number of urea groups is 1. The molecule has 5 nitrogen and oxygen atoms in total. The molecule has 1 aromatic rings. The summed E-state index contributed by atoms with van der Waals surface area (Å²) in [6, 6.07) is 5.43. The molecule has 23 heavy (non-hydrogen) atoms. The summed E-state index contributed by atoms with van der Waals surface area (Å²) in [6.45, 7) is 0.413. The highest BCUT2D eigenvalue weighted by Gasteiger charge is 2.29. The van der Waals surface area contributed by atoms with E-state index in [1.807, 2.05) is 0 Å². The van der Waals surface area contributed by atoms with E-state index in [2.05, 4.69) is 10.6 Å². The maximum atomic E-state index is 12.3. The molecular formula is C14H16F3N3O2S. The lowest BCUT2D eigenvalue weighted by Crippen LogP contribution is -2.39. The maximum Gasteiger partial charge on any atom is 0.398 e. The fraction of sp³-hybridized carbons (Fsp3) is 0.429. The molecule has 0 radical (unpaired) electrons. The third-order valence-electron chi connectivity index (χ3n) is 3.20. The Morgan fingerprint density at radius 1 is 1.39 bits per heavy atom. The van der Waals surface area contributed by atoms with Gasteiger partial charge in [-0.25, -0.2) is 4.79 Å². The van der Waals surface area contributed by atoms with Gasteiger partial charge < -0.3 is 15.5 Å². The van der Waals surface area contributed by atoms with Crippen LogP contribution in [0.25, 0.3) is 0 Å². The Morgan fingerprint density at radius 2 is 2.09 bits per heavy atom. The minimum atomic E-state index is -4.28. The number of anilines is 1. The lowest BCUT2D eigenvalue weighted by Gasteiger charge is -2.15. The van der Waals surface area contributed by atoms with Gasteiger partial charge in [-0.1, -0.05) is 12.1 Å². The van der Waals surface area contributed by atoms with Crippen LogP contribution in [0.4, 0.5) is 23.7 Å². The van der Waals surface area contributed by atoms with Crippen LogP contribution in [0.1, 0.15) is 6.42 Å². The standard InChI is InChI=1S/C14H16F3N3O2S/c1-20-7-9(6-12(20)21)18-13(22)19-10-4-2-3-5-11(10)23-8-14(15,16)17/h2-5,9H,6-8H2,1H3,(H2,18,19,22). The monoisotopic (exact) mass is 347 g/mol. The normalized spacial score (nSPS) is 18.2. The smallest absolute Gasteiger partial charge is 0.344 e. The van der Waals surface area contributed by atoms with Crippen LogP contribution in [0.2, 0.25) is 0 Å². The number of hydrogen-bond donors (Lipinski definition) is 2. The second-order valence-corrected chi connectivity index (χ2v) is 6.19. The second-order valence-electron chi connectivity index (χ2n) is 5.17. The molecule has 1 aliphatic rings. The summed E-state index contributed by atoms with van der Waals surface area (Å²) in [7, 11) is 1.64. The molecule has 1 saturated heterocycles. The third kappa shape index (κ3) is 5.34. The van der Waals surface area contributed by atoms with Crippen molar-refractivity contribution in [3.8, 4) is 0 Å². The molecule has 0 spiro atoms. The molecular weight excluding hydrogens is 331 g/mol. The highest BCUT2D eigenvalue weighted by molar-refractivity contribution is 7.99. The van der Waals surface area contributed by atoms with Crippen molar-refractivity contribution in [1.82, 2.24) is 10.2 Å². The molecule has 0 bridgehead atoms. The Labute approximate surface area is 135 Å². The SMILES string of the molecule is CN1CC(NC(=O)Nc2ccccc2SCC(F)(F)F)CC1=O. The number of halogens is 3. The molecule has 1 aliphatic heterocycles. The number of hydrogen-bond acceptors (Lipinski definition) is 3. The van der Waals surface area contributed by atoms with Gasteiger partial charge in [0.25, 0.3) is 0 Å². The summed E-state index contributed by atoms with van der Waals surface area (Å²) in [5, 5.41) is 5.18. The summed E-state index contributed by atoms with van der Waals surface area (Å²) in [4.78, 5) is 25.2. The van der Waals surface area contributed by atoms with E-state index in [4.69, 9.17) is 0 Å². The van der Waals surface area contributed by atoms with Gasteiger partial charge in [0.05, 0.1) is 17.5 Å². The number of likely N-dealkylation sites (N-methyl/N-ethyl adjacent to an activating group) is 1. The lowest BCUT2D eigenvalue weighted by molar-refractivity contribution is -0.126. The van der Waals surface area contributed by atoms with E-state index in [0.29, 0.717) is 28.9 Å². The molecule has 3 amide bonds. The molecule has 0 saturated carbocycles.